The Balaban J connectivity index is 2.67. The zero-order chi connectivity index (χ0) is 12.4. The molecule has 8 nitrogen and oxygen atoms in total. The average molecular weight is 236 g/mol. The van der Waals surface area contributed by atoms with E-state index in [1.165, 1.54) is 0 Å². The first kappa shape index (κ1) is 13.3. The zero-order valence-corrected chi connectivity index (χ0v) is 8.61. The molecule has 94 valence electrons. The molecule has 0 heterocycles. The lowest BCUT2D eigenvalue weighted by molar-refractivity contribution is -0.184. The maximum atomic E-state index is 9.99. The molecule has 0 radical (unpaired) electrons. The molecule has 1 fully saturated rings. The summed E-state index contributed by atoms with van der Waals surface area (Å²) in [4.78, 5) is 14.3. The van der Waals surface area contributed by atoms with E-state index in [4.69, 9.17) is 10.9 Å². The second-order valence-electron chi connectivity index (χ2n) is 4.12. The molecule has 0 aliphatic heterocycles. The molecule has 0 saturated heterocycles. The van der Waals surface area contributed by atoms with Crippen molar-refractivity contribution < 1.29 is 30.1 Å². The van der Waals surface area contributed by atoms with Gasteiger partial charge in [-0.3, -0.25) is 4.79 Å². The fourth-order valence-corrected chi connectivity index (χ4v) is 2.03. The van der Waals surface area contributed by atoms with Crippen molar-refractivity contribution in [1.82, 2.24) is 5.17 Å². The molecule has 16 heavy (non-hydrogen) atoms. The summed E-state index contributed by atoms with van der Waals surface area (Å²) in [6.07, 6.45) is -0.546. The molecule has 8 heteroatoms. The number of nitrogens with zero attached hydrogens (tertiary/aromatic N) is 1. The lowest BCUT2D eigenvalue weighted by Gasteiger charge is -2.28. The Morgan fingerprint density at radius 3 is 2.62 bits per heavy atom. The van der Waals surface area contributed by atoms with Gasteiger partial charge in [-0.2, -0.15) is 0 Å². The zero-order valence-electron chi connectivity index (χ0n) is 8.61. The molecule has 0 aromatic rings. The summed E-state index contributed by atoms with van der Waals surface area (Å²) in [6, 6.07) is 0. The standard InChI is InChI=1S/C8H16N2O6/c9-10(16-5-12)2-6-1-8(14,15)3-7(6,13)4-11/h5-6,11,13-15H,1-4,9H2. The van der Waals surface area contributed by atoms with Crippen molar-refractivity contribution in [3.63, 3.8) is 0 Å². The van der Waals surface area contributed by atoms with E-state index in [2.05, 4.69) is 4.84 Å². The van der Waals surface area contributed by atoms with Crippen LogP contribution in [0.2, 0.25) is 0 Å². The van der Waals surface area contributed by atoms with Crippen LogP contribution in [0, 0.1) is 5.92 Å². The molecular weight excluding hydrogens is 220 g/mol. The van der Waals surface area contributed by atoms with Gasteiger partial charge in [0.15, 0.2) is 5.79 Å². The van der Waals surface area contributed by atoms with Crippen molar-refractivity contribution in [2.45, 2.75) is 24.2 Å². The van der Waals surface area contributed by atoms with Crippen molar-refractivity contribution in [2.24, 2.45) is 11.8 Å². The Morgan fingerprint density at radius 2 is 2.12 bits per heavy atom. The quantitative estimate of drug-likeness (QED) is 0.148. The van der Waals surface area contributed by atoms with Crippen LogP contribution < -0.4 is 5.84 Å². The van der Waals surface area contributed by atoms with E-state index in [-0.39, 0.29) is 25.9 Å². The molecule has 0 bridgehead atoms. The third-order valence-corrected chi connectivity index (χ3v) is 2.78. The number of carbonyl (C=O) groups is 1. The van der Waals surface area contributed by atoms with Crippen LogP contribution in [0.3, 0.4) is 0 Å². The molecule has 0 spiro atoms. The van der Waals surface area contributed by atoms with Gasteiger partial charge in [-0.25, -0.2) is 5.84 Å². The first-order valence-corrected chi connectivity index (χ1v) is 4.73. The Bertz CT molecular complexity index is 261. The minimum Gasteiger partial charge on any atom is -0.393 e. The third-order valence-electron chi connectivity index (χ3n) is 2.78. The van der Waals surface area contributed by atoms with E-state index in [0.29, 0.717) is 5.17 Å². The molecule has 0 aromatic heterocycles. The highest BCUT2D eigenvalue weighted by Crippen LogP contribution is 2.40. The number of hydrogen-bond acceptors (Lipinski definition) is 8. The number of hydrazine groups is 1. The smallest absolute Gasteiger partial charge is 0.314 e. The van der Waals surface area contributed by atoms with Crippen molar-refractivity contribution >= 4 is 6.47 Å². The molecule has 0 aromatic carbocycles. The summed E-state index contributed by atoms with van der Waals surface area (Å²) in [5, 5.41) is 38.4. The molecule has 6 N–H and O–H groups in total. The lowest BCUT2D eigenvalue weighted by atomic mass is 9.92. The fraction of sp³-hybridized carbons (Fsp3) is 0.875. The summed E-state index contributed by atoms with van der Waals surface area (Å²) in [5.74, 6) is 2.49. The maximum absolute atomic E-state index is 9.99. The van der Waals surface area contributed by atoms with E-state index in [1.54, 1.807) is 0 Å². The van der Waals surface area contributed by atoms with E-state index in [1.807, 2.05) is 0 Å². The van der Waals surface area contributed by atoms with Gasteiger partial charge in [-0.05, 0) is 0 Å². The summed E-state index contributed by atoms with van der Waals surface area (Å²) >= 11 is 0. The van der Waals surface area contributed by atoms with Crippen molar-refractivity contribution in [3.8, 4) is 0 Å². The van der Waals surface area contributed by atoms with Gasteiger partial charge in [0, 0.05) is 18.8 Å². The lowest BCUT2D eigenvalue weighted by Crippen LogP contribution is -2.45. The third kappa shape index (κ3) is 2.88. The topological polar surface area (TPSA) is 136 Å². The van der Waals surface area contributed by atoms with Gasteiger partial charge in [0.2, 0.25) is 0 Å². The predicted octanol–water partition coefficient (Wildman–Crippen LogP) is -2.94. The van der Waals surface area contributed by atoms with Gasteiger partial charge in [-0.1, -0.05) is 5.17 Å². The molecule has 2 atom stereocenters. The second-order valence-corrected chi connectivity index (χ2v) is 4.12. The Morgan fingerprint density at radius 1 is 1.50 bits per heavy atom. The second kappa shape index (κ2) is 4.62. The molecule has 0 amide bonds. The Kier molecular flexibility index (Phi) is 3.84. The van der Waals surface area contributed by atoms with Crippen LogP contribution in [0.25, 0.3) is 0 Å². The van der Waals surface area contributed by atoms with Crippen LogP contribution in [-0.4, -0.2) is 56.6 Å². The van der Waals surface area contributed by atoms with Crippen LogP contribution in [0.5, 0.6) is 0 Å². The van der Waals surface area contributed by atoms with Gasteiger partial charge >= 0.3 is 6.47 Å². The monoisotopic (exact) mass is 236 g/mol. The number of hydroxylamine groups is 1. The largest absolute Gasteiger partial charge is 0.393 e. The van der Waals surface area contributed by atoms with Crippen molar-refractivity contribution in [3.05, 3.63) is 0 Å². The van der Waals surface area contributed by atoms with E-state index >= 15 is 0 Å². The summed E-state index contributed by atoms with van der Waals surface area (Å²) in [7, 11) is 0. The van der Waals surface area contributed by atoms with Gasteiger partial charge in [0.1, 0.15) is 0 Å². The van der Waals surface area contributed by atoms with E-state index < -0.39 is 23.9 Å². The van der Waals surface area contributed by atoms with Crippen LogP contribution >= 0.6 is 0 Å². The molecule has 1 rings (SSSR count). The van der Waals surface area contributed by atoms with Crippen LogP contribution in [0.15, 0.2) is 0 Å². The first-order valence-electron chi connectivity index (χ1n) is 4.73. The number of aliphatic hydroxyl groups excluding tert-OH is 1. The highest BCUT2D eigenvalue weighted by atomic mass is 16.7. The van der Waals surface area contributed by atoms with Gasteiger partial charge in [0.05, 0.1) is 18.8 Å². The Hall–Kier alpha value is -0.770. The SMILES string of the molecule is NN(CC1CC(O)(O)CC1(O)CO)OC=O. The van der Waals surface area contributed by atoms with E-state index in [9.17, 15) is 20.1 Å². The van der Waals surface area contributed by atoms with Gasteiger partial charge in [-0.15, -0.1) is 0 Å². The molecule has 1 aliphatic rings. The normalized spacial score (nSPS) is 33.0. The number of rotatable bonds is 5. The number of aliphatic hydroxyl groups is 4. The molecular formula is C8H16N2O6. The molecule has 1 saturated carbocycles. The highest BCUT2D eigenvalue weighted by molar-refractivity contribution is 5.36. The summed E-state index contributed by atoms with van der Waals surface area (Å²) < 4.78 is 0. The van der Waals surface area contributed by atoms with Gasteiger partial charge in [0.25, 0.3) is 0 Å². The minimum absolute atomic E-state index is 0.109. The van der Waals surface area contributed by atoms with Crippen LogP contribution in [0.4, 0.5) is 0 Å². The van der Waals surface area contributed by atoms with Crippen molar-refractivity contribution in [2.75, 3.05) is 13.2 Å². The van der Waals surface area contributed by atoms with Crippen molar-refractivity contribution in [1.29, 1.82) is 0 Å². The average Bonchev–Trinajstić information content (AvgIpc) is 2.37. The summed E-state index contributed by atoms with van der Waals surface area (Å²) in [5.41, 5.74) is -1.65. The Labute approximate surface area is 91.8 Å². The number of nitrogens with two attached hydrogens (primary N) is 1. The summed E-state index contributed by atoms with van der Waals surface area (Å²) in [6.45, 7) is -0.633. The first-order chi connectivity index (χ1) is 7.33. The van der Waals surface area contributed by atoms with Crippen LogP contribution in [-0.2, 0) is 9.63 Å². The maximum Gasteiger partial charge on any atom is 0.314 e. The molecule has 2 unspecified atom stereocenters. The van der Waals surface area contributed by atoms with Crippen LogP contribution in [0.1, 0.15) is 12.8 Å². The van der Waals surface area contributed by atoms with Gasteiger partial charge < -0.3 is 25.3 Å². The predicted molar refractivity (Wildman–Crippen MR) is 50.0 cm³/mol. The number of carbonyl (C=O) groups excluding carboxylic acids is 1. The highest BCUT2D eigenvalue weighted by Gasteiger charge is 2.52. The molecule has 1 aliphatic carbocycles. The fourth-order valence-electron chi connectivity index (χ4n) is 2.03. The van der Waals surface area contributed by atoms with E-state index in [0.717, 1.165) is 0 Å². The number of hydrogen-bond donors (Lipinski definition) is 5. The minimum atomic E-state index is -2.05.